The van der Waals surface area contributed by atoms with Crippen LogP contribution in [0.25, 0.3) is 0 Å². The van der Waals surface area contributed by atoms with Crippen molar-refractivity contribution in [1.29, 1.82) is 0 Å². The first-order valence-electron chi connectivity index (χ1n) is 7.33. The van der Waals surface area contributed by atoms with E-state index in [-0.39, 0.29) is 28.2 Å². The lowest BCUT2D eigenvalue weighted by atomic mass is 9.83. The van der Waals surface area contributed by atoms with Crippen LogP contribution in [0.2, 0.25) is 0 Å². The van der Waals surface area contributed by atoms with Gasteiger partial charge in [-0.15, -0.1) is 0 Å². The molecule has 2 rings (SSSR count). The Morgan fingerprint density at radius 2 is 2.05 bits per heavy atom. The van der Waals surface area contributed by atoms with Crippen molar-refractivity contribution in [3.05, 3.63) is 16.3 Å². The van der Waals surface area contributed by atoms with E-state index in [0.29, 0.717) is 18.8 Å². The van der Waals surface area contributed by atoms with Gasteiger partial charge in [-0.3, -0.25) is 10.1 Å². The van der Waals surface area contributed by atoms with E-state index in [1.807, 2.05) is 0 Å². The predicted octanol–water partition coefficient (Wildman–Crippen LogP) is 2.09. The molecule has 0 amide bonds. The Bertz CT molecular complexity index is 521. The molecule has 1 aromatic rings. The van der Waals surface area contributed by atoms with Gasteiger partial charge < -0.3 is 10.0 Å². The molecule has 1 fully saturated rings. The smallest absolute Gasteiger partial charge is 0.331 e. The minimum absolute atomic E-state index is 0.0307. The van der Waals surface area contributed by atoms with E-state index in [2.05, 4.69) is 30.8 Å². The molecule has 1 aromatic heterocycles. The van der Waals surface area contributed by atoms with Crippen LogP contribution < -0.4 is 4.90 Å². The van der Waals surface area contributed by atoms with E-state index in [9.17, 15) is 15.2 Å². The van der Waals surface area contributed by atoms with Crippen LogP contribution in [-0.4, -0.2) is 38.5 Å². The van der Waals surface area contributed by atoms with Gasteiger partial charge in [0.15, 0.2) is 0 Å². The van der Waals surface area contributed by atoms with Crippen molar-refractivity contribution in [1.82, 2.24) is 9.78 Å². The maximum atomic E-state index is 11.3. The van der Waals surface area contributed by atoms with E-state index < -0.39 is 0 Å². The third-order valence-corrected chi connectivity index (χ3v) is 4.21. The van der Waals surface area contributed by atoms with Crippen LogP contribution in [0.1, 0.15) is 40.0 Å². The van der Waals surface area contributed by atoms with Crippen LogP contribution in [0, 0.1) is 15.5 Å². The monoisotopic (exact) mass is 296 g/mol. The molecular formula is C14H24N4O3. The van der Waals surface area contributed by atoms with Gasteiger partial charge in [0, 0.05) is 19.6 Å². The summed E-state index contributed by atoms with van der Waals surface area (Å²) in [7, 11) is 1.73. The molecule has 0 bridgehead atoms. The normalized spacial score (nSPS) is 24.0. The summed E-state index contributed by atoms with van der Waals surface area (Å²) < 4.78 is 1.56. The molecule has 0 spiro atoms. The Hall–Kier alpha value is -1.63. The number of anilines is 1. The second-order valence-corrected chi connectivity index (χ2v) is 6.83. The first-order valence-corrected chi connectivity index (χ1v) is 7.33. The second kappa shape index (κ2) is 5.63. The van der Waals surface area contributed by atoms with Crippen LogP contribution in [0.15, 0.2) is 6.20 Å². The molecule has 0 saturated carbocycles. The number of aromatic nitrogens is 2. The number of hydrogen-bond acceptors (Lipinski definition) is 5. The van der Waals surface area contributed by atoms with Gasteiger partial charge in [0.2, 0.25) is 5.82 Å². The van der Waals surface area contributed by atoms with E-state index in [4.69, 9.17) is 0 Å². The van der Waals surface area contributed by atoms with E-state index >= 15 is 0 Å². The summed E-state index contributed by atoms with van der Waals surface area (Å²) in [5.41, 5.74) is -0.00880. The Labute approximate surface area is 124 Å². The van der Waals surface area contributed by atoms with Crippen LogP contribution >= 0.6 is 0 Å². The number of aliphatic hydroxyl groups is 1. The standard InChI is InChI=1S/C14H24N4O3/c1-14(2,3)12-6-5-10(19)7-8-17(12)13-11(18(20)21)9-15-16(13)4/h9-10,12,19H,5-8H2,1-4H3. The number of hydrogen-bond donors (Lipinski definition) is 1. The van der Waals surface area contributed by atoms with Crippen molar-refractivity contribution in [2.75, 3.05) is 11.4 Å². The molecule has 7 nitrogen and oxygen atoms in total. The summed E-state index contributed by atoms with van der Waals surface area (Å²) >= 11 is 0. The van der Waals surface area contributed by atoms with Crippen LogP contribution in [0.5, 0.6) is 0 Å². The summed E-state index contributed by atoms with van der Waals surface area (Å²) in [4.78, 5) is 12.9. The lowest BCUT2D eigenvalue weighted by Crippen LogP contribution is -2.44. The molecule has 2 unspecified atom stereocenters. The highest BCUT2D eigenvalue weighted by Crippen LogP contribution is 2.38. The highest BCUT2D eigenvalue weighted by Gasteiger charge is 2.37. The molecule has 7 heteroatoms. The molecule has 1 saturated heterocycles. The van der Waals surface area contributed by atoms with E-state index in [0.717, 1.165) is 12.8 Å². The fourth-order valence-electron chi connectivity index (χ4n) is 3.13. The molecule has 1 aliphatic heterocycles. The summed E-state index contributed by atoms with van der Waals surface area (Å²) in [6, 6.07) is 0.128. The molecule has 0 aliphatic carbocycles. The lowest BCUT2D eigenvalue weighted by molar-refractivity contribution is -0.384. The van der Waals surface area contributed by atoms with Crippen molar-refractivity contribution >= 4 is 11.5 Å². The van der Waals surface area contributed by atoms with Gasteiger partial charge in [-0.2, -0.15) is 5.10 Å². The zero-order valence-corrected chi connectivity index (χ0v) is 13.1. The average Bonchev–Trinajstić information content (AvgIpc) is 2.62. The topological polar surface area (TPSA) is 84.4 Å². The number of nitrogens with zero attached hydrogens (tertiary/aromatic N) is 4. The number of aryl methyl sites for hydroxylation is 1. The molecule has 21 heavy (non-hydrogen) atoms. The minimum atomic E-state index is -0.386. The van der Waals surface area contributed by atoms with Crippen molar-refractivity contribution in [3.63, 3.8) is 0 Å². The summed E-state index contributed by atoms with van der Waals surface area (Å²) in [5.74, 6) is 0.536. The molecule has 2 atom stereocenters. The third kappa shape index (κ3) is 3.18. The Morgan fingerprint density at radius 1 is 1.38 bits per heavy atom. The van der Waals surface area contributed by atoms with Crippen molar-refractivity contribution < 1.29 is 10.0 Å². The third-order valence-electron chi connectivity index (χ3n) is 4.21. The fraction of sp³-hybridized carbons (Fsp3) is 0.786. The Balaban J connectivity index is 2.46. The quantitative estimate of drug-likeness (QED) is 0.667. The number of nitro groups is 1. The van der Waals surface area contributed by atoms with Gasteiger partial charge in [0.1, 0.15) is 6.20 Å². The van der Waals surface area contributed by atoms with Crippen LogP contribution in [0.4, 0.5) is 11.5 Å². The summed E-state index contributed by atoms with van der Waals surface area (Å²) in [6.45, 7) is 6.99. The average molecular weight is 296 g/mol. The maximum Gasteiger partial charge on any atom is 0.331 e. The lowest BCUT2D eigenvalue weighted by Gasteiger charge is -2.39. The molecule has 2 heterocycles. The van der Waals surface area contributed by atoms with Crippen LogP contribution in [-0.2, 0) is 7.05 Å². The maximum absolute atomic E-state index is 11.3. The van der Waals surface area contributed by atoms with E-state index in [1.54, 1.807) is 11.7 Å². The highest BCUT2D eigenvalue weighted by atomic mass is 16.6. The van der Waals surface area contributed by atoms with Crippen molar-refractivity contribution in [2.24, 2.45) is 12.5 Å². The predicted molar refractivity (Wildman–Crippen MR) is 80.3 cm³/mol. The Kier molecular flexibility index (Phi) is 4.22. The van der Waals surface area contributed by atoms with Gasteiger partial charge in [0.05, 0.1) is 11.0 Å². The fourth-order valence-corrected chi connectivity index (χ4v) is 3.13. The molecule has 1 aliphatic rings. The molecule has 0 radical (unpaired) electrons. The zero-order valence-electron chi connectivity index (χ0n) is 13.1. The first-order chi connectivity index (χ1) is 9.71. The summed E-state index contributed by atoms with van der Waals surface area (Å²) in [6.07, 6.45) is 3.12. The van der Waals surface area contributed by atoms with Gasteiger partial charge in [-0.25, -0.2) is 4.68 Å². The SMILES string of the molecule is Cn1ncc([N+](=O)[O-])c1N1CCC(O)CCC1C(C)(C)C. The van der Waals surface area contributed by atoms with Gasteiger partial charge in [0.25, 0.3) is 0 Å². The Morgan fingerprint density at radius 3 is 2.62 bits per heavy atom. The van der Waals surface area contributed by atoms with Gasteiger partial charge in [-0.05, 0) is 24.7 Å². The second-order valence-electron chi connectivity index (χ2n) is 6.83. The molecule has 118 valence electrons. The molecule has 1 N–H and O–H groups in total. The molecule has 0 aromatic carbocycles. The summed E-state index contributed by atoms with van der Waals surface area (Å²) in [5, 5.41) is 25.3. The van der Waals surface area contributed by atoms with Gasteiger partial charge in [-0.1, -0.05) is 20.8 Å². The highest BCUT2D eigenvalue weighted by molar-refractivity contribution is 5.58. The van der Waals surface area contributed by atoms with Gasteiger partial charge >= 0.3 is 5.69 Å². The van der Waals surface area contributed by atoms with E-state index in [1.165, 1.54) is 6.20 Å². The van der Waals surface area contributed by atoms with Crippen LogP contribution in [0.3, 0.4) is 0 Å². The first kappa shape index (κ1) is 15.8. The number of aliphatic hydroxyl groups excluding tert-OH is 1. The number of rotatable bonds is 2. The minimum Gasteiger partial charge on any atom is -0.393 e. The largest absolute Gasteiger partial charge is 0.393 e. The van der Waals surface area contributed by atoms with Crippen molar-refractivity contribution in [2.45, 2.75) is 52.2 Å². The zero-order chi connectivity index (χ0) is 15.8. The molecular weight excluding hydrogens is 272 g/mol. The van der Waals surface area contributed by atoms with Crippen molar-refractivity contribution in [3.8, 4) is 0 Å².